The second-order valence-electron chi connectivity index (χ2n) is 4.97. The molecule has 1 heterocycles. The lowest BCUT2D eigenvalue weighted by Crippen LogP contribution is -2.49. The predicted molar refractivity (Wildman–Crippen MR) is 59.4 cm³/mol. The maximum Gasteiger partial charge on any atom is 0.239 e. The molecule has 1 aliphatic carbocycles. The predicted octanol–water partition coefficient (Wildman–Crippen LogP) is 0.0287. The number of nitrogens with two attached hydrogens (primary N) is 1. The molecule has 2 N–H and O–H groups in total. The molecule has 1 amide bonds. The van der Waals surface area contributed by atoms with Crippen molar-refractivity contribution in [2.45, 2.75) is 44.3 Å². The molecule has 2 unspecified atom stereocenters. The second-order valence-corrected chi connectivity index (χ2v) is 4.97. The monoisotopic (exact) mass is 211 g/mol. The summed E-state index contributed by atoms with van der Waals surface area (Å²) in [6.07, 6.45) is 3.43. The van der Waals surface area contributed by atoms with Gasteiger partial charge in [-0.3, -0.25) is 4.79 Å². The van der Waals surface area contributed by atoms with Crippen LogP contribution >= 0.6 is 0 Å². The lowest BCUT2D eigenvalue weighted by molar-refractivity contribution is -0.135. The molecule has 2 rings (SSSR count). The topological polar surface area (TPSA) is 49.6 Å². The van der Waals surface area contributed by atoms with Gasteiger partial charge in [-0.2, -0.15) is 0 Å². The number of rotatable bonds is 3. The third-order valence-electron chi connectivity index (χ3n) is 3.34. The Hall–Kier alpha value is -0.610. The van der Waals surface area contributed by atoms with Crippen LogP contribution in [0.3, 0.4) is 0 Å². The Morgan fingerprint density at radius 3 is 2.47 bits per heavy atom. The average Bonchev–Trinajstić information content (AvgIpc) is 2.90. The van der Waals surface area contributed by atoms with Gasteiger partial charge in [0.2, 0.25) is 5.91 Å². The first-order valence-electron chi connectivity index (χ1n) is 5.86. The third-order valence-corrected chi connectivity index (χ3v) is 3.34. The highest BCUT2D eigenvalue weighted by molar-refractivity contribution is 5.82. The molecule has 4 nitrogen and oxygen atoms in total. The smallest absolute Gasteiger partial charge is 0.239 e. The first-order valence-corrected chi connectivity index (χ1v) is 5.86. The van der Waals surface area contributed by atoms with Crippen molar-refractivity contribution >= 4 is 5.91 Å². The van der Waals surface area contributed by atoms with E-state index in [-0.39, 0.29) is 11.9 Å². The van der Waals surface area contributed by atoms with Crippen molar-refractivity contribution in [3.05, 3.63) is 0 Å². The van der Waals surface area contributed by atoms with Crippen LogP contribution in [-0.2, 0) is 4.79 Å². The Kier molecular flexibility index (Phi) is 2.98. The summed E-state index contributed by atoms with van der Waals surface area (Å²) in [5.74, 6) is 0.137. The van der Waals surface area contributed by atoms with E-state index in [2.05, 4.69) is 16.8 Å². The fraction of sp³-hybridized carbons (Fsp3) is 0.909. The molecule has 0 radical (unpaired) electrons. The molecule has 86 valence electrons. The van der Waals surface area contributed by atoms with E-state index in [1.807, 2.05) is 0 Å². The van der Waals surface area contributed by atoms with Crippen molar-refractivity contribution in [2.24, 2.45) is 5.73 Å². The van der Waals surface area contributed by atoms with E-state index >= 15 is 0 Å². The Bertz CT molecular complexity index is 250. The Morgan fingerprint density at radius 1 is 1.40 bits per heavy atom. The molecule has 1 saturated carbocycles. The molecule has 15 heavy (non-hydrogen) atoms. The van der Waals surface area contributed by atoms with Gasteiger partial charge in [-0.25, -0.2) is 0 Å². The van der Waals surface area contributed by atoms with Crippen molar-refractivity contribution in [1.82, 2.24) is 9.80 Å². The molecular formula is C11H21N3O. The largest absolute Gasteiger partial charge is 0.334 e. The standard InChI is InChI=1S/C11H21N3O/c1-8(12)11(15)14(9-3-4-9)10-5-6-13(2)7-10/h8-10H,3-7,12H2,1-2H3. The zero-order valence-electron chi connectivity index (χ0n) is 9.65. The molecule has 1 saturated heterocycles. The van der Waals surface area contributed by atoms with Crippen LogP contribution in [0.25, 0.3) is 0 Å². The van der Waals surface area contributed by atoms with Gasteiger partial charge < -0.3 is 15.5 Å². The molecular weight excluding hydrogens is 190 g/mol. The fourth-order valence-corrected chi connectivity index (χ4v) is 2.38. The molecule has 0 aromatic rings. The van der Waals surface area contributed by atoms with Gasteiger partial charge in [0.1, 0.15) is 0 Å². The van der Waals surface area contributed by atoms with Crippen LogP contribution in [0.1, 0.15) is 26.2 Å². The number of hydrogen-bond acceptors (Lipinski definition) is 3. The third kappa shape index (κ3) is 2.32. The summed E-state index contributed by atoms with van der Waals surface area (Å²) >= 11 is 0. The van der Waals surface area contributed by atoms with Crippen molar-refractivity contribution in [1.29, 1.82) is 0 Å². The molecule has 2 fully saturated rings. The van der Waals surface area contributed by atoms with Crippen molar-refractivity contribution < 1.29 is 4.79 Å². The highest BCUT2D eigenvalue weighted by atomic mass is 16.2. The second kappa shape index (κ2) is 4.10. The van der Waals surface area contributed by atoms with E-state index in [4.69, 9.17) is 5.73 Å². The van der Waals surface area contributed by atoms with Crippen LogP contribution in [0, 0.1) is 0 Å². The van der Waals surface area contributed by atoms with Gasteiger partial charge in [-0.1, -0.05) is 0 Å². The van der Waals surface area contributed by atoms with E-state index in [1.54, 1.807) is 6.92 Å². The van der Waals surface area contributed by atoms with E-state index < -0.39 is 0 Å². The minimum Gasteiger partial charge on any atom is -0.334 e. The van der Waals surface area contributed by atoms with Crippen LogP contribution in [0.4, 0.5) is 0 Å². The van der Waals surface area contributed by atoms with Gasteiger partial charge >= 0.3 is 0 Å². The first kappa shape index (κ1) is 10.9. The zero-order valence-corrected chi connectivity index (χ0v) is 9.65. The molecule has 0 aromatic carbocycles. The van der Waals surface area contributed by atoms with Gasteiger partial charge in [0.05, 0.1) is 6.04 Å². The summed E-state index contributed by atoms with van der Waals surface area (Å²) in [7, 11) is 2.11. The van der Waals surface area contributed by atoms with Crippen LogP contribution < -0.4 is 5.73 Å². The first-order chi connectivity index (χ1) is 7.09. The lowest BCUT2D eigenvalue weighted by atomic mass is 10.2. The van der Waals surface area contributed by atoms with Gasteiger partial charge in [0, 0.05) is 18.6 Å². The number of carbonyl (C=O) groups is 1. The van der Waals surface area contributed by atoms with Crippen molar-refractivity contribution in [2.75, 3.05) is 20.1 Å². The highest BCUT2D eigenvalue weighted by Crippen LogP contribution is 2.31. The Balaban J connectivity index is 2.03. The molecule has 0 aromatic heterocycles. The summed E-state index contributed by atoms with van der Waals surface area (Å²) in [6.45, 7) is 3.89. The van der Waals surface area contributed by atoms with Crippen molar-refractivity contribution in [3.63, 3.8) is 0 Å². The summed E-state index contributed by atoms with van der Waals surface area (Å²) in [6, 6.07) is 0.539. The molecule has 0 bridgehead atoms. The van der Waals surface area contributed by atoms with Crippen LogP contribution in [0.2, 0.25) is 0 Å². The number of hydrogen-bond donors (Lipinski definition) is 1. The van der Waals surface area contributed by atoms with Gasteiger partial charge in [0.25, 0.3) is 0 Å². The highest BCUT2D eigenvalue weighted by Gasteiger charge is 2.40. The summed E-state index contributed by atoms with van der Waals surface area (Å²) < 4.78 is 0. The van der Waals surface area contributed by atoms with Crippen LogP contribution in [-0.4, -0.2) is 54.0 Å². The molecule has 2 aliphatic rings. The van der Waals surface area contributed by atoms with Crippen molar-refractivity contribution in [3.8, 4) is 0 Å². The normalized spacial score (nSPS) is 29.1. The van der Waals surface area contributed by atoms with Gasteiger partial charge in [-0.05, 0) is 39.8 Å². The summed E-state index contributed by atoms with van der Waals surface area (Å²) in [5, 5.41) is 0. The summed E-state index contributed by atoms with van der Waals surface area (Å²) in [4.78, 5) is 16.4. The van der Waals surface area contributed by atoms with Crippen LogP contribution in [0.5, 0.6) is 0 Å². The number of nitrogens with zero attached hydrogens (tertiary/aromatic N) is 2. The molecule has 2 atom stereocenters. The van der Waals surface area contributed by atoms with E-state index in [0.29, 0.717) is 12.1 Å². The molecule has 0 spiro atoms. The molecule has 1 aliphatic heterocycles. The Labute approximate surface area is 91.4 Å². The minimum absolute atomic E-state index is 0.137. The number of likely N-dealkylation sites (N-methyl/N-ethyl adjacent to an activating group) is 1. The van der Waals surface area contributed by atoms with E-state index in [9.17, 15) is 4.79 Å². The molecule has 4 heteroatoms. The van der Waals surface area contributed by atoms with E-state index in [1.165, 1.54) is 12.8 Å². The number of amides is 1. The van der Waals surface area contributed by atoms with E-state index in [0.717, 1.165) is 19.5 Å². The minimum atomic E-state index is -0.350. The van der Waals surface area contributed by atoms with Gasteiger partial charge in [0.15, 0.2) is 0 Å². The zero-order chi connectivity index (χ0) is 11.0. The average molecular weight is 211 g/mol. The SMILES string of the molecule is CC(N)C(=O)N(C1CC1)C1CCN(C)C1. The van der Waals surface area contributed by atoms with Gasteiger partial charge in [-0.15, -0.1) is 0 Å². The maximum absolute atomic E-state index is 12.0. The lowest BCUT2D eigenvalue weighted by Gasteiger charge is -2.30. The number of carbonyl (C=O) groups excluding carboxylic acids is 1. The Morgan fingerprint density at radius 2 is 2.07 bits per heavy atom. The fourth-order valence-electron chi connectivity index (χ4n) is 2.38. The quantitative estimate of drug-likeness (QED) is 0.716. The summed E-state index contributed by atoms with van der Waals surface area (Å²) in [5.41, 5.74) is 5.70. The maximum atomic E-state index is 12.0. The number of likely N-dealkylation sites (tertiary alicyclic amines) is 1. The van der Waals surface area contributed by atoms with Crippen LogP contribution in [0.15, 0.2) is 0 Å².